The minimum atomic E-state index is -4.94. The molecule has 2 aliphatic heterocycles. The Morgan fingerprint density at radius 1 is 1.00 bits per heavy atom. The number of ether oxygens (including phenoxy) is 2. The molecule has 50 heavy (non-hydrogen) atoms. The molecule has 1 aromatic carbocycles. The predicted octanol–water partition coefficient (Wildman–Crippen LogP) is 5.85. The number of methoxy groups -OCH3 is 1. The molecule has 2 saturated heterocycles. The molecule has 3 aromatic heterocycles. The van der Waals surface area contributed by atoms with Gasteiger partial charge in [-0.2, -0.15) is 31.4 Å². The summed E-state index contributed by atoms with van der Waals surface area (Å²) in [5.74, 6) is -0.543. The van der Waals surface area contributed by atoms with Crippen molar-refractivity contribution in [2.75, 3.05) is 23.9 Å². The minimum absolute atomic E-state index is 0.00619. The van der Waals surface area contributed by atoms with E-state index in [1.165, 1.54) is 7.11 Å². The fourth-order valence-corrected chi connectivity index (χ4v) is 6.58. The smallest absolute Gasteiger partial charge is 0.423 e. The van der Waals surface area contributed by atoms with Gasteiger partial charge in [-0.3, -0.25) is 4.79 Å². The summed E-state index contributed by atoms with van der Waals surface area (Å²) in [7, 11) is 1.48. The highest BCUT2D eigenvalue weighted by molar-refractivity contribution is 5.50. The highest BCUT2D eigenvalue weighted by Gasteiger charge is 2.44. The van der Waals surface area contributed by atoms with Crippen LogP contribution in [-0.2, 0) is 30.2 Å². The van der Waals surface area contributed by atoms with Crippen molar-refractivity contribution in [3.8, 4) is 5.75 Å². The van der Waals surface area contributed by atoms with Crippen molar-refractivity contribution >= 4 is 11.5 Å². The van der Waals surface area contributed by atoms with Crippen LogP contribution in [0.2, 0.25) is 0 Å². The van der Waals surface area contributed by atoms with Crippen LogP contribution in [0, 0.1) is 5.82 Å². The van der Waals surface area contributed by atoms with E-state index in [4.69, 9.17) is 9.47 Å². The van der Waals surface area contributed by atoms with Crippen LogP contribution in [0.1, 0.15) is 61.0 Å². The average Bonchev–Trinajstić information content (AvgIpc) is 3.62. The number of benzene rings is 1. The maximum absolute atomic E-state index is 14.7. The lowest BCUT2D eigenvalue weighted by molar-refractivity contribution is -0.139. The van der Waals surface area contributed by atoms with E-state index in [1.807, 2.05) is 0 Å². The number of fused-ring (bicyclic) bond motifs is 2. The number of rotatable bonds is 11. The molecule has 4 aromatic rings. The van der Waals surface area contributed by atoms with Crippen molar-refractivity contribution in [3.63, 3.8) is 0 Å². The van der Waals surface area contributed by atoms with Crippen LogP contribution < -0.4 is 20.5 Å². The fraction of sp³-hybridized carbons (Fsp3) is 0.469. The molecule has 0 amide bonds. The topological polar surface area (TPSA) is 112 Å². The molecule has 0 aliphatic carbocycles. The van der Waals surface area contributed by atoms with Gasteiger partial charge in [-0.25, -0.2) is 18.7 Å². The number of piperidine rings is 1. The molecule has 2 bridgehead atoms. The molecule has 2 fully saturated rings. The molecule has 6 rings (SSSR count). The zero-order valence-corrected chi connectivity index (χ0v) is 26.9. The largest absolute Gasteiger partial charge is 0.497 e. The van der Waals surface area contributed by atoms with Crippen LogP contribution in [0.25, 0.3) is 0 Å². The summed E-state index contributed by atoms with van der Waals surface area (Å²) in [5, 5.41) is 15.0. The minimum Gasteiger partial charge on any atom is -0.497 e. The van der Waals surface area contributed by atoms with Crippen molar-refractivity contribution in [1.29, 1.82) is 0 Å². The number of pyridine rings is 1. The van der Waals surface area contributed by atoms with Gasteiger partial charge in [0.2, 0.25) is 0 Å². The second-order valence-electron chi connectivity index (χ2n) is 12.4. The highest BCUT2D eigenvalue weighted by atomic mass is 19.4. The zero-order chi connectivity index (χ0) is 35.8. The molecular weight excluding hydrogens is 677 g/mol. The first-order chi connectivity index (χ1) is 23.7. The SMILES string of the molecule is COc1ccc(Cn2ncc(NC(C)COCc3cn(C4CC5CCC(C4)N5c4ncc(C(F)(F)F)cc4F)nn3)c(C(F)(F)F)c2=O)cc1. The van der Waals surface area contributed by atoms with Crippen LogP contribution in [0.3, 0.4) is 0 Å². The summed E-state index contributed by atoms with van der Waals surface area (Å²) < 4.78 is 109. The first-order valence-electron chi connectivity index (χ1n) is 15.8. The number of alkyl halides is 6. The van der Waals surface area contributed by atoms with Crippen LogP contribution in [-0.4, -0.2) is 61.6 Å². The Morgan fingerprint density at radius 3 is 2.32 bits per heavy atom. The van der Waals surface area contributed by atoms with E-state index < -0.39 is 46.6 Å². The summed E-state index contributed by atoms with van der Waals surface area (Å²) in [6.07, 6.45) is -3.76. The number of halogens is 7. The molecule has 2 aliphatic rings. The van der Waals surface area contributed by atoms with Crippen molar-refractivity contribution in [1.82, 2.24) is 29.8 Å². The third kappa shape index (κ3) is 7.53. The van der Waals surface area contributed by atoms with E-state index in [0.29, 0.717) is 42.1 Å². The molecular formula is C32H33F7N8O3. The summed E-state index contributed by atoms with van der Waals surface area (Å²) in [4.78, 5) is 18.5. The Balaban J connectivity index is 1.04. The Hall–Kier alpha value is -4.74. The van der Waals surface area contributed by atoms with E-state index in [9.17, 15) is 35.5 Å². The van der Waals surface area contributed by atoms with E-state index in [2.05, 4.69) is 25.7 Å². The Bertz CT molecular complexity index is 1850. The normalized spacial score (nSPS) is 19.9. The maximum Gasteiger partial charge on any atom is 0.423 e. The van der Waals surface area contributed by atoms with Gasteiger partial charge in [0, 0.05) is 24.3 Å². The van der Waals surface area contributed by atoms with E-state index in [1.54, 1.807) is 47.0 Å². The van der Waals surface area contributed by atoms with Gasteiger partial charge in [0.25, 0.3) is 5.56 Å². The molecule has 1 N–H and O–H groups in total. The lowest BCUT2D eigenvalue weighted by Crippen LogP contribution is -2.44. The molecule has 3 atom stereocenters. The quantitative estimate of drug-likeness (QED) is 0.192. The Kier molecular flexibility index (Phi) is 9.74. The van der Waals surface area contributed by atoms with Crippen molar-refractivity contribution in [2.24, 2.45) is 0 Å². The fourth-order valence-electron chi connectivity index (χ4n) is 6.58. The third-order valence-corrected chi connectivity index (χ3v) is 8.87. The number of nitrogens with zero attached hydrogens (tertiary/aromatic N) is 7. The van der Waals surface area contributed by atoms with Gasteiger partial charge >= 0.3 is 12.4 Å². The molecule has 18 heteroatoms. The van der Waals surface area contributed by atoms with E-state index in [0.717, 1.165) is 23.7 Å². The van der Waals surface area contributed by atoms with Crippen molar-refractivity contribution < 1.29 is 40.2 Å². The molecule has 0 radical (unpaired) electrons. The van der Waals surface area contributed by atoms with Gasteiger partial charge in [0.05, 0.1) is 56.6 Å². The number of anilines is 2. The second kappa shape index (κ2) is 13.9. The van der Waals surface area contributed by atoms with Gasteiger partial charge in [-0.05, 0) is 56.4 Å². The van der Waals surface area contributed by atoms with Gasteiger partial charge in [-0.1, -0.05) is 17.3 Å². The van der Waals surface area contributed by atoms with Crippen LogP contribution in [0.5, 0.6) is 5.75 Å². The van der Waals surface area contributed by atoms with Crippen molar-refractivity contribution in [2.45, 2.75) is 82.3 Å². The van der Waals surface area contributed by atoms with E-state index in [-0.39, 0.29) is 43.7 Å². The molecule has 3 unspecified atom stereocenters. The standard InChI is InChI=1S/C32H33F7N8O3/c1-18(42-27-13-41-46(30(48)28(27)32(37,38)39)14-19-3-7-25(49-2)8-4-19)16-50-17-21-15-45(44-43-21)24-10-22-5-6-23(11-24)47(22)29-26(33)9-20(12-40-29)31(34,35)36/h3-4,7-9,12-13,15,18,22-24,42H,5-6,10-11,14,16-17H2,1-2H3. The molecule has 0 spiro atoms. The van der Waals surface area contributed by atoms with Crippen molar-refractivity contribution in [3.05, 3.63) is 87.5 Å². The maximum atomic E-state index is 14.7. The Labute approximate surface area is 281 Å². The second-order valence-corrected chi connectivity index (χ2v) is 12.4. The van der Waals surface area contributed by atoms with Gasteiger partial charge in [-0.15, -0.1) is 5.10 Å². The third-order valence-electron chi connectivity index (χ3n) is 8.87. The zero-order valence-electron chi connectivity index (χ0n) is 26.9. The number of hydrogen-bond donors (Lipinski definition) is 1. The first kappa shape index (κ1) is 35.1. The molecule has 268 valence electrons. The molecule has 0 saturated carbocycles. The summed E-state index contributed by atoms with van der Waals surface area (Å²) in [5.41, 5.74) is -3.23. The van der Waals surface area contributed by atoms with Crippen LogP contribution in [0.15, 0.2) is 53.7 Å². The number of hydrogen-bond acceptors (Lipinski definition) is 9. The van der Waals surface area contributed by atoms with Gasteiger partial charge < -0.3 is 19.7 Å². The number of aromatic nitrogens is 6. The average molecular weight is 711 g/mol. The molecule has 11 nitrogen and oxygen atoms in total. The summed E-state index contributed by atoms with van der Waals surface area (Å²) >= 11 is 0. The highest BCUT2D eigenvalue weighted by Crippen LogP contribution is 2.44. The van der Waals surface area contributed by atoms with Gasteiger partial charge in [0.1, 0.15) is 17.0 Å². The van der Waals surface area contributed by atoms with E-state index >= 15 is 0 Å². The summed E-state index contributed by atoms with van der Waals surface area (Å²) in [6.45, 7) is 1.40. The summed E-state index contributed by atoms with van der Waals surface area (Å²) in [6, 6.07) is 5.96. The monoisotopic (exact) mass is 710 g/mol. The molecule has 5 heterocycles. The van der Waals surface area contributed by atoms with Crippen LogP contribution >= 0.6 is 0 Å². The first-order valence-corrected chi connectivity index (χ1v) is 15.8. The lowest BCUT2D eigenvalue weighted by atomic mass is 9.97. The van der Waals surface area contributed by atoms with Gasteiger partial charge in [0.15, 0.2) is 11.6 Å². The van der Waals surface area contributed by atoms with Crippen LogP contribution in [0.4, 0.5) is 42.2 Å². The number of nitrogens with one attached hydrogen (secondary N) is 1. The Morgan fingerprint density at radius 2 is 1.70 bits per heavy atom. The lowest BCUT2D eigenvalue weighted by Gasteiger charge is -2.39. The predicted molar refractivity (Wildman–Crippen MR) is 165 cm³/mol.